The number of carbonyl (C=O) groups is 1. The lowest BCUT2D eigenvalue weighted by molar-refractivity contribution is 0.0946. The lowest BCUT2D eigenvalue weighted by Crippen LogP contribution is -2.31. The SMILES string of the molecule is Cc1c[nH]c2ncnc(N3C=C(c4ccc5c(c4)C(=O)NCC5)SCC3)c12. The van der Waals surface area contributed by atoms with Crippen molar-refractivity contribution in [3.63, 3.8) is 0 Å². The number of fused-ring (bicyclic) bond motifs is 2. The van der Waals surface area contributed by atoms with Gasteiger partial charge in [0.15, 0.2) is 0 Å². The highest BCUT2D eigenvalue weighted by atomic mass is 32.2. The van der Waals surface area contributed by atoms with Gasteiger partial charge < -0.3 is 15.2 Å². The molecule has 0 aliphatic carbocycles. The molecule has 7 heteroatoms. The van der Waals surface area contributed by atoms with Gasteiger partial charge in [0.1, 0.15) is 17.8 Å². The highest BCUT2D eigenvalue weighted by Crippen LogP contribution is 2.36. The summed E-state index contributed by atoms with van der Waals surface area (Å²) in [6.45, 7) is 3.67. The fraction of sp³-hybridized carbons (Fsp3) is 0.250. The largest absolute Gasteiger partial charge is 0.352 e. The second kappa shape index (κ2) is 6.42. The van der Waals surface area contributed by atoms with Crippen LogP contribution in [0, 0.1) is 6.92 Å². The number of carbonyl (C=O) groups excluding carboxylic acids is 1. The third-order valence-corrected chi connectivity index (χ3v) is 6.14. The molecule has 0 unspecified atom stereocenters. The summed E-state index contributed by atoms with van der Waals surface area (Å²) in [7, 11) is 0. The van der Waals surface area contributed by atoms with Crippen molar-refractivity contribution in [3.05, 3.63) is 59.2 Å². The fourth-order valence-corrected chi connectivity index (χ4v) is 4.71. The summed E-state index contributed by atoms with van der Waals surface area (Å²) in [5.74, 6) is 1.91. The van der Waals surface area contributed by atoms with E-state index in [4.69, 9.17) is 0 Å². The minimum absolute atomic E-state index is 0.0248. The Bertz CT molecular complexity index is 1090. The van der Waals surface area contributed by atoms with E-state index in [1.54, 1.807) is 6.33 Å². The van der Waals surface area contributed by atoms with Gasteiger partial charge in [0.25, 0.3) is 5.91 Å². The van der Waals surface area contributed by atoms with Crippen molar-refractivity contribution in [3.8, 4) is 0 Å². The number of rotatable bonds is 2. The van der Waals surface area contributed by atoms with E-state index >= 15 is 0 Å². The molecule has 2 aromatic heterocycles. The van der Waals surface area contributed by atoms with Crippen molar-refractivity contribution in [2.45, 2.75) is 13.3 Å². The molecule has 27 heavy (non-hydrogen) atoms. The number of aromatic nitrogens is 3. The molecular formula is C20H19N5OS. The van der Waals surface area contributed by atoms with Gasteiger partial charge in [0.2, 0.25) is 0 Å². The zero-order valence-corrected chi connectivity index (χ0v) is 15.8. The maximum Gasteiger partial charge on any atom is 0.251 e. The van der Waals surface area contributed by atoms with Crippen LogP contribution >= 0.6 is 11.8 Å². The summed E-state index contributed by atoms with van der Waals surface area (Å²) >= 11 is 1.81. The van der Waals surface area contributed by atoms with Crippen molar-refractivity contribution in [1.82, 2.24) is 20.3 Å². The van der Waals surface area contributed by atoms with Gasteiger partial charge in [0, 0.05) is 41.7 Å². The summed E-state index contributed by atoms with van der Waals surface area (Å²) < 4.78 is 0. The standard InChI is InChI=1S/C20H19N5OS/c1-12-9-22-18-17(12)19(24-11-23-18)25-6-7-27-16(10-25)14-3-2-13-4-5-21-20(26)15(13)8-14/h2-3,8-11H,4-7H2,1H3,(H,21,26)(H,22,23,24). The minimum atomic E-state index is 0.0248. The summed E-state index contributed by atoms with van der Waals surface area (Å²) in [5, 5.41) is 3.99. The average molecular weight is 377 g/mol. The number of hydrogen-bond donors (Lipinski definition) is 2. The van der Waals surface area contributed by atoms with Crippen LogP contribution in [0.25, 0.3) is 15.9 Å². The Labute approximate surface area is 161 Å². The number of aromatic amines is 1. The highest BCUT2D eigenvalue weighted by Gasteiger charge is 2.21. The summed E-state index contributed by atoms with van der Waals surface area (Å²) in [6.07, 6.45) is 6.61. The summed E-state index contributed by atoms with van der Waals surface area (Å²) in [6, 6.07) is 6.23. The molecule has 1 amide bonds. The molecule has 0 saturated heterocycles. The molecule has 3 aromatic rings. The normalized spacial score (nSPS) is 16.9. The van der Waals surface area contributed by atoms with Crippen molar-refractivity contribution in [1.29, 1.82) is 0 Å². The second-order valence-electron chi connectivity index (χ2n) is 6.81. The third kappa shape index (κ3) is 2.78. The molecule has 1 aromatic carbocycles. The van der Waals surface area contributed by atoms with Crippen molar-refractivity contribution >= 4 is 39.4 Å². The number of nitrogens with one attached hydrogen (secondary N) is 2. The second-order valence-corrected chi connectivity index (χ2v) is 7.94. The van der Waals surface area contributed by atoms with Crippen molar-refractivity contribution in [2.75, 3.05) is 23.7 Å². The molecule has 0 spiro atoms. The molecule has 136 valence electrons. The molecule has 2 aliphatic heterocycles. The molecule has 0 bridgehead atoms. The molecule has 0 radical (unpaired) electrons. The molecule has 0 fully saturated rings. The zero-order chi connectivity index (χ0) is 18.4. The van der Waals surface area contributed by atoms with E-state index in [2.05, 4.69) is 50.4 Å². The van der Waals surface area contributed by atoms with Crippen LogP contribution in [0.15, 0.2) is 36.9 Å². The van der Waals surface area contributed by atoms with E-state index in [1.807, 2.05) is 24.0 Å². The number of amides is 1. The average Bonchev–Trinajstić information content (AvgIpc) is 3.09. The number of anilines is 1. The predicted octanol–water partition coefficient (Wildman–Crippen LogP) is 3.10. The van der Waals surface area contributed by atoms with Crippen LogP contribution in [0.3, 0.4) is 0 Å². The lowest BCUT2D eigenvalue weighted by Gasteiger charge is -2.27. The van der Waals surface area contributed by atoms with E-state index in [9.17, 15) is 4.79 Å². The quantitative estimate of drug-likeness (QED) is 0.718. The van der Waals surface area contributed by atoms with E-state index in [0.717, 1.165) is 69.3 Å². The van der Waals surface area contributed by atoms with E-state index in [0.29, 0.717) is 0 Å². The number of aryl methyl sites for hydroxylation is 1. The van der Waals surface area contributed by atoms with Gasteiger partial charge in [-0.1, -0.05) is 12.1 Å². The van der Waals surface area contributed by atoms with Crippen LogP contribution in [-0.4, -0.2) is 39.7 Å². The summed E-state index contributed by atoms with van der Waals surface area (Å²) in [5.41, 5.74) is 5.00. The first-order valence-electron chi connectivity index (χ1n) is 9.02. The predicted molar refractivity (Wildman–Crippen MR) is 109 cm³/mol. The topological polar surface area (TPSA) is 73.9 Å². The van der Waals surface area contributed by atoms with Crippen LogP contribution < -0.4 is 10.2 Å². The summed E-state index contributed by atoms with van der Waals surface area (Å²) in [4.78, 5) is 27.6. The Morgan fingerprint density at radius 2 is 2.19 bits per heavy atom. The van der Waals surface area contributed by atoms with E-state index < -0.39 is 0 Å². The van der Waals surface area contributed by atoms with Crippen LogP contribution in [0.2, 0.25) is 0 Å². The Morgan fingerprint density at radius 3 is 3.11 bits per heavy atom. The van der Waals surface area contributed by atoms with Crippen LogP contribution in [-0.2, 0) is 6.42 Å². The first-order chi connectivity index (χ1) is 13.2. The minimum Gasteiger partial charge on any atom is -0.352 e. The van der Waals surface area contributed by atoms with Gasteiger partial charge in [-0.05, 0) is 36.1 Å². The van der Waals surface area contributed by atoms with Gasteiger partial charge in [-0.25, -0.2) is 9.97 Å². The Hall–Kier alpha value is -2.80. The molecule has 0 atom stereocenters. The first-order valence-corrected chi connectivity index (χ1v) is 10.0. The molecular weight excluding hydrogens is 358 g/mol. The molecule has 2 aliphatic rings. The van der Waals surface area contributed by atoms with E-state index in [1.165, 1.54) is 0 Å². The number of thioether (sulfide) groups is 1. The molecule has 5 rings (SSSR count). The third-order valence-electron chi connectivity index (χ3n) is 5.10. The monoisotopic (exact) mass is 377 g/mol. The van der Waals surface area contributed by atoms with Crippen LogP contribution in [0.5, 0.6) is 0 Å². The molecule has 4 heterocycles. The van der Waals surface area contributed by atoms with Gasteiger partial charge in [-0.3, -0.25) is 4.79 Å². The van der Waals surface area contributed by atoms with Gasteiger partial charge in [0.05, 0.1) is 5.39 Å². The highest BCUT2D eigenvalue weighted by molar-refractivity contribution is 8.08. The first kappa shape index (κ1) is 16.4. The maximum absolute atomic E-state index is 12.2. The molecule has 0 saturated carbocycles. The van der Waals surface area contributed by atoms with Crippen LogP contribution in [0.4, 0.5) is 5.82 Å². The van der Waals surface area contributed by atoms with Gasteiger partial charge in [-0.15, -0.1) is 11.8 Å². The van der Waals surface area contributed by atoms with Crippen LogP contribution in [0.1, 0.15) is 27.0 Å². The Kier molecular flexibility index (Phi) is 3.89. The van der Waals surface area contributed by atoms with Crippen molar-refractivity contribution < 1.29 is 4.79 Å². The van der Waals surface area contributed by atoms with Gasteiger partial charge >= 0.3 is 0 Å². The molecule has 2 N–H and O–H groups in total. The Morgan fingerprint density at radius 1 is 1.26 bits per heavy atom. The Balaban J connectivity index is 1.56. The van der Waals surface area contributed by atoms with Gasteiger partial charge in [-0.2, -0.15) is 0 Å². The maximum atomic E-state index is 12.2. The smallest absolute Gasteiger partial charge is 0.251 e. The van der Waals surface area contributed by atoms with Crippen molar-refractivity contribution in [2.24, 2.45) is 0 Å². The van der Waals surface area contributed by atoms with E-state index in [-0.39, 0.29) is 5.91 Å². The number of benzene rings is 1. The number of nitrogens with zero attached hydrogens (tertiary/aromatic N) is 3. The number of hydrogen-bond acceptors (Lipinski definition) is 5. The zero-order valence-electron chi connectivity index (χ0n) is 15.0. The fourth-order valence-electron chi connectivity index (χ4n) is 3.70. The number of H-pyrrole nitrogens is 1. The molecule has 6 nitrogen and oxygen atoms in total. The lowest BCUT2D eigenvalue weighted by atomic mass is 9.98.